The minimum atomic E-state index is -4.68. The van der Waals surface area contributed by atoms with Crippen LogP contribution in [0.25, 0.3) is 16.9 Å². The summed E-state index contributed by atoms with van der Waals surface area (Å²) < 4.78 is 40.9. The molecule has 2 heterocycles. The lowest BCUT2D eigenvalue weighted by molar-refractivity contribution is -0.137. The largest absolute Gasteiger partial charge is 0.417 e. The van der Waals surface area contributed by atoms with E-state index in [0.29, 0.717) is 22.3 Å². The van der Waals surface area contributed by atoms with E-state index in [2.05, 4.69) is 20.3 Å². The summed E-state index contributed by atoms with van der Waals surface area (Å²) in [5.41, 5.74) is -0.451. The van der Waals surface area contributed by atoms with Crippen molar-refractivity contribution in [1.82, 2.24) is 24.6 Å². The lowest BCUT2D eigenvalue weighted by Crippen LogP contribution is -2.48. The predicted molar refractivity (Wildman–Crippen MR) is 111 cm³/mol. The third-order valence-electron chi connectivity index (χ3n) is 5.03. The molecule has 1 aromatic carbocycles. The second-order valence-electron chi connectivity index (χ2n) is 7.30. The molecule has 2 amide bonds. The first-order valence-corrected chi connectivity index (χ1v) is 9.66. The summed E-state index contributed by atoms with van der Waals surface area (Å²) in [4.78, 5) is 24.8. The molecule has 1 atom stereocenters. The number of alkyl halides is 3. The zero-order chi connectivity index (χ0) is 23.1. The van der Waals surface area contributed by atoms with Gasteiger partial charge in [-0.15, -0.1) is 0 Å². The zero-order valence-electron chi connectivity index (χ0n) is 16.5. The average Bonchev–Trinajstić information content (AvgIpc) is 3.18. The topological polar surface area (TPSA) is 96.2 Å². The van der Waals surface area contributed by atoms with Gasteiger partial charge in [0.2, 0.25) is 0 Å². The molecule has 12 heteroatoms. The summed E-state index contributed by atoms with van der Waals surface area (Å²) in [5, 5.41) is 12.7. The third-order valence-corrected chi connectivity index (χ3v) is 5.36. The molecule has 2 N–H and O–H groups in total. The molecule has 1 aliphatic rings. The Morgan fingerprint density at radius 3 is 2.81 bits per heavy atom. The molecule has 0 radical (unpaired) electrons. The van der Waals surface area contributed by atoms with Gasteiger partial charge in [0.05, 0.1) is 22.3 Å². The number of nitrogens with one attached hydrogen (secondary N) is 1. The maximum atomic E-state index is 13.0. The number of hydrogen-bond donors (Lipinski definition) is 2. The summed E-state index contributed by atoms with van der Waals surface area (Å²) in [6, 6.07) is 1.95. The molecule has 2 aromatic heterocycles. The van der Waals surface area contributed by atoms with Crippen LogP contribution in [0, 0.1) is 0 Å². The lowest BCUT2D eigenvalue weighted by Gasteiger charge is -2.35. The van der Waals surface area contributed by atoms with Crippen molar-refractivity contribution in [2.24, 2.45) is 0 Å². The van der Waals surface area contributed by atoms with E-state index in [1.54, 1.807) is 42.2 Å². The number of nitrogens with zero attached hydrogens (tertiary/aromatic N) is 5. The molecule has 0 saturated heterocycles. The summed E-state index contributed by atoms with van der Waals surface area (Å²) in [7, 11) is 0. The van der Waals surface area contributed by atoms with Gasteiger partial charge < -0.3 is 5.32 Å². The Hall–Kier alpha value is -3.44. The number of imidazole rings is 1. The maximum absolute atomic E-state index is 13.0. The number of rotatable bonds is 3. The fourth-order valence-corrected chi connectivity index (χ4v) is 3.46. The van der Waals surface area contributed by atoms with Crippen LogP contribution in [0.15, 0.2) is 55.3 Å². The highest BCUT2D eigenvalue weighted by Crippen LogP contribution is 2.36. The van der Waals surface area contributed by atoms with Crippen molar-refractivity contribution in [3.63, 3.8) is 0 Å². The van der Waals surface area contributed by atoms with E-state index in [1.165, 1.54) is 12.4 Å². The fraction of sp³-hybridized carbons (Fsp3) is 0.200. The van der Waals surface area contributed by atoms with E-state index in [0.717, 1.165) is 11.8 Å². The van der Waals surface area contributed by atoms with Crippen LogP contribution in [-0.2, 0) is 6.18 Å². The first-order chi connectivity index (χ1) is 15.1. The standard InChI is InChI=1S/C20H16ClF3N6O2/c1-19(6-4-13(5-7-19)29-11-27-16-9-25-10-26-17(16)29)30(32)18(31)28-12-2-3-15(21)14(8-12)20(22,23)24/h2-6,8-11,32H,7H2,1H3,(H,28,31). The van der Waals surface area contributed by atoms with Crippen molar-refractivity contribution in [3.05, 3.63) is 65.9 Å². The monoisotopic (exact) mass is 464 g/mol. The van der Waals surface area contributed by atoms with Crippen LogP contribution >= 0.6 is 11.6 Å². The van der Waals surface area contributed by atoms with Crippen LogP contribution in [0.4, 0.5) is 23.7 Å². The molecule has 3 aromatic rings. The molecule has 166 valence electrons. The van der Waals surface area contributed by atoms with Gasteiger partial charge in [0.15, 0.2) is 5.65 Å². The van der Waals surface area contributed by atoms with Gasteiger partial charge in [-0.05, 0) is 37.6 Å². The fourth-order valence-electron chi connectivity index (χ4n) is 3.23. The highest BCUT2D eigenvalue weighted by atomic mass is 35.5. The first kappa shape index (κ1) is 21.8. The number of amides is 2. The summed E-state index contributed by atoms with van der Waals surface area (Å²) in [6.07, 6.45) is 5.19. The number of fused-ring (bicyclic) bond motifs is 1. The molecule has 1 unspecified atom stereocenters. The van der Waals surface area contributed by atoms with Crippen LogP contribution in [0.5, 0.6) is 0 Å². The second kappa shape index (κ2) is 7.92. The molecule has 8 nitrogen and oxygen atoms in total. The molecule has 0 spiro atoms. The summed E-state index contributed by atoms with van der Waals surface area (Å²) >= 11 is 5.59. The van der Waals surface area contributed by atoms with Crippen LogP contribution in [-0.4, -0.2) is 41.4 Å². The number of allylic oxidation sites excluding steroid dienone is 2. The van der Waals surface area contributed by atoms with Crippen molar-refractivity contribution in [3.8, 4) is 0 Å². The van der Waals surface area contributed by atoms with Gasteiger partial charge in [-0.3, -0.25) is 9.77 Å². The van der Waals surface area contributed by atoms with Gasteiger partial charge in [-0.2, -0.15) is 18.2 Å². The molecular formula is C20H16ClF3N6O2. The molecule has 0 bridgehead atoms. The second-order valence-corrected chi connectivity index (χ2v) is 7.71. The molecular weight excluding hydrogens is 449 g/mol. The van der Waals surface area contributed by atoms with Crippen LogP contribution in [0.3, 0.4) is 0 Å². The lowest BCUT2D eigenvalue weighted by atomic mass is 9.92. The number of halogens is 4. The Labute approximate surface area is 184 Å². The number of carbonyl (C=O) groups excluding carboxylic acids is 1. The van der Waals surface area contributed by atoms with Crippen molar-refractivity contribution in [1.29, 1.82) is 0 Å². The Kier molecular flexibility index (Phi) is 5.39. The van der Waals surface area contributed by atoms with Crippen LogP contribution in [0.2, 0.25) is 5.02 Å². The van der Waals surface area contributed by atoms with Crippen molar-refractivity contribution < 1.29 is 23.2 Å². The number of carbonyl (C=O) groups is 1. The first-order valence-electron chi connectivity index (χ1n) is 9.28. The minimum Gasteiger partial charge on any atom is -0.306 e. The third kappa shape index (κ3) is 4.04. The summed E-state index contributed by atoms with van der Waals surface area (Å²) in [5.74, 6) is 0. The molecule has 1 aliphatic carbocycles. The molecule has 0 saturated carbocycles. The number of hydroxylamine groups is 2. The Bertz CT molecular complexity index is 1260. The van der Waals surface area contributed by atoms with Gasteiger partial charge in [-0.25, -0.2) is 19.7 Å². The zero-order valence-corrected chi connectivity index (χ0v) is 17.3. The Morgan fingerprint density at radius 1 is 1.34 bits per heavy atom. The van der Waals surface area contributed by atoms with Gasteiger partial charge in [0.1, 0.15) is 18.2 Å². The van der Waals surface area contributed by atoms with Crippen molar-refractivity contribution in [2.45, 2.75) is 25.1 Å². The SMILES string of the molecule is CC1(N(O)C(=O)Nc2ccc(Cl)c(C(F)(F)F)c2)C=CC(n2cnc3cncnc32)=CC1. The van der Waals surface area contributed by atoms with Gasteiger partial charge in [-0.1, -0.05) is 23.8 Å². The molecule has 32 heavy (non-hydrogen) atoms. The van der Waals surface area contributed by atoms with E-state index in [1.807, 2.05) is 0 Å². The van der Waals surface area contributed by atoms with Gasteiger partial charge in [0.25, 0.3) is 0 Å². The average molecular weight is 465 g/mol. The number of anilines is 1. The highest BCUT2D eigenvalue weighted by Gasteiger charge is 2.35. The number of benzene rings is 1. The maximum Gasteiger partial charge on any atom is 0.417 e. The van der Waals surface area contributed by atoms with E-state index >= 15 is 0 Å². The number of urea groups is 1. The quantitative estimate of drug-likeness (QED) is 0.421. The van der Waals surface area contributed by atoms with E-state index in [4.69, 9.17) is 11.6 Å². The van der Waals surface area contributed by atoms with E-state index in [9.17, 15) is 23.2 Å². The van der Waals surface area contributed by atoms with E-state index in [-0.39, 0.29) is 12.1 Å². The smallest absolute Gasteiger partial charge is 0.306 e. The van der Waals surface area contributed by atoms with Gasteiger partial charge >= 0.3 is 12.2 Å². The minimum absolute atomic E-state index is 0.157. The number of hydrogen-bond acceptors (Lipinski definition) is 5. The Balaban J connectivity index is 1.50. The van der Waals surface area contributed by atoms with Crippen LogP contribution in [0.1, 0.15) is 18.9 Å². The van der Waals surface area contributed by atoms with Crippen LogP contribution < -0.4 is 5.32 Å². The number of aromatic nitrogens is 4. The summed E-state index contributed by atoms with van der Waals surface area (Å²) in [6.45, 7) is 1.60. The predicted octanol–water partition coefficient (Wildman–Crippen LogP) is 4.98. The van der Waals surface area contributed by atoms with Gasteiger partial charge in [0, 0.05) is 11.4 Å². The molecule has 0 aliphatic heterocycles. The normalized spacial score (nSPS) is 18.5. The molecule has 4 rings (SSSR count). The van der Waals surface area contributed by atoms with Crippen molar-refractivity contribution in [2.75, 3.05) is 5.32 Å². The highest BCUT2D eigenvalue weighted by molar-refractivity contribution is 6.31. The molecule has 0 fully saturated rings. The van der Waals surface area contributed by atoms with Crippen molar-refractivity contribution >= 4 is 40.2 Å². The Morgan fingerprint density at radius 2 is 2.12 bits per heavy atom. The van der Waals surface area contributed by atoms with E-state index < -0.39 is 28.3 Å².